The van der Waals surface area contributed by atoms with Crippen molar-refractivity contribution in [2.45, 2.75) is 27.2 Å². The minimum absolute atomic E-state index is 0.131. The van der Waals surface area contributed by atoms with E-state index < -0.39 is 0 Å². The standard InChI is InChI=1S/C13H16BrN3O/c1-13(2,3)7-11-16-12(18-17-11)9-5-4-8(14)6-10(9)15/h4-6H,7,15H2,1-3H3. The van der Waals surface area contributed by atoms with Gasteiger partial charge in [-0.3, -0.25) is 0 Å². The summed E-state index contributed by atoms with van der Waals surface area (Å²) in [5.41, 5.74) is 7.45. The molecule has 0 aliphatic rings. The van der Waals surface area contributed by atoms with Crippen LogP contribution in [0.1, 0.15) is 26.6 Å². The van der Waals surface area contributed by atoms with E-state index in [0.29, 0.717) is 17.4 Å². The molecule has 0 aliphatic carbocycles. The topological polar surface area (TPSA) is 64.9 Å². The van der Waals surface area contributed by atoms with Crippen molar-refractivity contribution in [3.63, 3.8) is 0 Å². The Morgan fingerprint density at radius 1 is 1.33 bits per heavy atom. The smallest absolute Gasteiger partial charge is 0.260 e. The molecule has 1 heterocycles. The van der Waals surface area contributed by atoms with Crippen LogP contribution >= 0.6 is 15.9 Å². The van der Waals surface area contributed by atoms with E-state index in [2.05, 4.69) is 46.8 Å². The van der Waals surface area contributed by atoms with E-state index in [1.165, 1.54) is 0 Å². The van der Waals surface area contributed by atoms with Gasteiger partial charge in [0.25, 0.3) is 5.89 Å². The largest absolute Gasteiger partial charge is 0.398 e. The average molecular weight is 310 g/mol. The molecule has 4 nitrogen and oxygen atoms in total. The monoisotopic (exact) mass is 309 g/mol. The van der Waals surface area contributed by atoms with E-state index in [4.69, 9.17) is 10.3 Å². The number of anilines is 1. The molecule has 0 saturated carbocycles. The summed E-state index contributed by atoms with van der Waals surface area (Å²) in [6.45, 7) is 6.41. The SMILES string of the molecule is CC(C)(C)Cc1noc(-c2ccc(Br)cc2N)n1. The first-order valence-corrected chi connectivity index (χ1v) is 6.52. The van der Waals surface area contributed by atoms with E-state index in [1.54, 1.807) is 0 Å². The number of benzene rings is 1. The van der Waals surface area contributed by atoms with Gasteiger partial charge in [0.15, 0.2) is 5.82 Å². The Labute approximate surface area is 115 Å². The van der Waals surface area contributed by atoms with Crippen LogP contribution in [0.4, 0.5) is 5.69 Å². The van der Waals surface area contributed by atoms with Crippen LogP contribution in [-0.4, -0.2) is 10.1 Å². The van der Waals surface area contributed by atoms with E-state index >= 15 is 0 Å². The second-order valence-corrected chi connectivity index (χ2v) is 6.40. The number of hydrogen-bond acceptors (Lipinski definition) is 4. The molecular weight excluding hydrogens is 294 g/mol. The molecule has 0 fully saturated rings. The van der Waals surface area contributed by atoms with Gasteiger partial charge in [0, 0.05) is 16.6 Å². The molecule has 0 radical (unpaired) electrons. The van der Waals surface area contributed by atoms with Crippen molar-refractivity contribution in [3.8, 4) is 11.5 Å². The molecule has 96 valence electrons. The number of hydrogen-bond donors (Lipinski definition) is 1. The molecule has 2 rings (SSSR count). The van der Waals surface area contributed by atoms with Gasteiger partial charge in [-0.05, 0) is 23.6 Å². The summed E-state index contributed by atoms with van der Waals surface area (Å²) < 4.78 is 6.19. The maximum atomic E-state index is 5.93. The zero-order chi connectivity index (χ0) is 13.3. The van der Waals surface area contributed by atoms with Gasteiger partial charge >= 0.3 is 0 Å². The summed E-state index contributed by atoms with van der Waals surface area (Å²) >= 11 is 3.37. The fraction of sp³-hybridized carbons (Fsp3) is 0.385. The number of nitrogens with zero attached hydrogens (tertiary/aromatic N) is 2. The summed E-state index contributed by atoms with van der Waals surface area (Å²) in [4.78, 5) is 4.38. The molecule has 0 bridgehead atoms. The molecule has 1 aromatic carbocycles. The molecule has 0 unspecified atom stereocenters. The van der Waals surface area contributed by atoms with Crippen LogP contribution in [0.5, 0.6) is 0 Å². The number of nitrogens with two attached hydrogens (primary N) is 1. The Hall–Kier alpha value is -1.36. The highest BCUT2D eigenvalue weighted by atomic mass is 79.9. The maximum Gasteiger partial charge on any atom is 0.260 e. The van der Waals surface area contributed by atoms with E-state index in [1.807, 2.05) is 18.2 Å². The predicted molar refractivity (Wildman–Crippen MR) is 75.0 cm³/mol. The maximum absolute atomic E-state index is 5.93. The Morgan fingerprint density at radius 3 is 2.67 bits per heavy atom. The molecule has 2 N–H and O–H groups in total. The normalized spacial score (nSPS) is 11.8. The molecule has 18 heavy (non-hydrogen) atoms. The van der Waals surface area contributed by atoms with Crippen molar-refractivity contribution in [1.29, 1.82) is 0 Å². The van der Waals surface area contributed by atoms with Gasteiger partial charge in [-0.25, -0.2) is 0 Å². The quantitative estimate of drug-likeness (QED) is 0.860. The third kappa shape index (κ3) is 3.10. The van der Waals surface area contributed by atoms with Crippen molar-refractivity contribution in [3.05, 3.63) is 28.5 Å². The number of nitrogen functional groups attached to an aromatic ring is 1. The lowest BCUT2D eigenvalue weighted by Gasteiger charge is -2.14. The Morgan fingerprint density at radius 2 is 2.06 bits per heavy atom. The molecule has 0 amide bonds. The second-order valence-electron chi connectivity index (χ2n) is 5.48. The van der Waals surface area contributed by atoms with Crippen LogP contribution in [0.2, 0.25) is 0 Å². The van der Waals surface area contributed by atoms with Crippen molar-refractivity contribution < 1.29 is 4.52 Å². The lowest BCUT2D eigenvalue weighted by Crippen LogP contribution is -2.10. The molecule has 2 aromatic rings. The summed E-state index contributed by atoms with van der Waals surface area (Å²) in [5, 5.41) is 3.99. The van der Waals surface area contributed by atoms with Gasteiger partial charge in [0.2, 0.25) is 0 Å². The number of halogens is 1. The average Bonchev–Trinajstić information content (AvgIpc) is 2.63. The lowest BCUT2D eigenvalue weighted by atomic mass is 9.92. The fourth-order valence-electron chi connectivity index (χ4n) is 1.64. The number of aromatic nitrogens is 2. The highest BCUT2D eigenvalue weighted by Gasteiger charge is 2.17. The zero-order valence-electron chi connectivity index (χ0n) is 10.7. The van der Waals surface area contributed by atoms with Crippen LogP contribution in [0.25, 0.3) is 11.5 Å². The fourth-order valence-corrected chi connectivity index (χ4v) is 2.02. The first kappa shape index (κ1) is 13.1. The minimum atomic E-state index is 0.131. The van der Waals surface area contributed by atoms with E-state index in [-0.39, 0.29) is 5.41 Å². The van der Waals surface area contributed by atoms with Crippen molar-refractivity contribution in [1.82, 2.24) is 10.1 Å². The molecule has 0 spiro atoms. The summed E-state index contributed by atoms with van der Waals surface area (Å²) in [6, 6.07) is 5.59. The molecule has 0 saturated heterocycles. The first-order valence-electron chi connectivity index (χ1n) is 5.73. The zero-order valence-corrected chi connectivity index (χ0v) is 12.3. The van der Waals surface area contributed by atoms with Gasteiger partial charge in [-0.1, -0.05) is 41.9 Å². The van der Waals surface area contributed by atoms with Crippen LogP contribution in [0.15, 0.2) is 27.2 Å². The first-order chi connectivity index (χ1) is 8.35. The third-order valence-electron chi connectivity index (χ3n) is 2.40. The van der Waals surface area contributed by atoms with Crippen molar-refractivity contribution in [2.75, 3.05) is 5.73 Å². The Bertz CT molecular complexity index is 558. The van der Waals surface area contributed by atoms with Gasteiger partial charge in [-0.2, -0.15) is 4.98 Å². The second kappa shape index (κ2) is 4.72. The molecule has 5 heteroatoms. The van der Waals surface area contributed by atoms with Crippen LogP contribution in [0.3, 0.4) is 0 Å². The van der Waals surface area contributed by atoms with Crippen LogP contribution in [0, 0.1) is 5.41 Å². The van der Waals surface area contributed by atoms with E-state index in [0.717, 1.165) is 16.5 Å². The summed E-state index contributed by atoms with van der Waals surface area (Å²) in [6.07, 6.45) is 0.771. The molecule has 1 aromatic heterocycles. The van der Waals surface area contributed by atoms with Crippen LogP contribution < -0.4 is 5.73 Å². The summed E-state index contributed by atoms with van der Waals surface area (Å²) in [5.74, 6) is 1.18. The molecule has 0 atom stereocenters. The van der Waals surface area contributed by atoms with Gasteiger partial charge in [0.1, 0.15) is 0 Å². The van der Waals surface area contributed by atoms with Gasteiger partial charge in [-0.15, -0.1) is 0 Å². The van der Waals surface area contributed by atoms with Crippen molar-refractivity contribution in [2.24, 2.45) is 5.41 Å². The molecular formula is C13H16BrN3O. The van der Waals surface area contributed by atoms with Gasteiger partial charge < -0.3 is 10.3 Å². The Balaban J connectivity index is 2.29. The number of rotatable bonds is 2. The highest BCUT2D eigenvalue weighted by Crippen LogP contribution is 2.28. The van der Waals surface area contributed by atoms with Gasteiger partial charge in [0.05, 0.1) is 5.56 Å². The van der Waals surface area contributed by atoms with Crippen molar-refractivity contribution >= 4 is 21.6 Å². The molecule has 0 aliphatic heterocycles. The lowest BCUT2D eigenvalue weighted by molar-refractivity contribution is 0.374. The summed E-state index contributed by atoms with van der Waals surface area (Å²) in [7, 11) is 0. The highest BCUT2D eigenvalue weighted by molar-refractivity contribution is 9.10. The Kier molecular flexibility index (Phi) is 3.43. The van der Waals surface area contributed by atoms with E-state index in [9.17, 15) is 0 Å². The predicted octanol–water partition coefficient (Wildman–Crippen LogP) is 3.67. The van der Waals surface area contributed by atoms with Crippen LogP contribution in [-0.2, 0) is 6.42 Å². The minimum Gasteiger partial charge on any atom is -0.398 e. The third-order valence-corrected chi connectivity index (χ3v) is 2.89.